The van der Waals surface area contributed by atoms with Crippen molar-refractivity contribution in [2.24, 2.45) is 0 Å². The molecule has 1 aromatic heterocycles. The smallest absolute Gasteiger partial charge is 0.329 e. The van der Waals surface area contributed by atoms with Gasteiger partial charge in [-0.15, -0.1) is 0 Å². The van der Waals surface area contributed by atoms with Crippen LogP contribution < -0.4 is 5.32 Å². The molecule has 1 fully saturated rings. The minimum absolute atomic E-state index is 0.0972. The number of aromatic nitrogens is 1. The number of amides is 1. The third-order valence-corrected chi connectivity index (χ3v) is 3.03. The van der Waals surface area contributed by atoms with E-state index in [0.717, 1.165) is 0 Å². The first kappa shape index (κ1) is 15.2. The van der Waals surface area contributed by atoms with Crippen LogP contribution in [0.1, 0.15) is 16.9 Å². The standard InChI is InChI=1S/C13H16N2O6/c16-9-2-1-4-14-12(9)13(19)15-8-6-20-5-3-10(8)21-7-11(17)18/h1-2,4,8,10,16H,3,5-7H2,(H,15,19)(H,17,18)/t8-,10+/m1/s1. The van der Waals surface area contributed by atoms with Crippen LogP contribution in [-0.4, -0.2) is 59.0 Å². The van der Waals surface area contributed by atoms with Crippen LogP contribution in [0, 0.1) is 0 Å². The average Bonchev–Trinajstić information content (AvgIpc) is 2.46. The van der Waals surface area contributed by atoms with E-state index in [0.29, 0.717) is 13.0 Å². The molecule has 0 aromatic carbocycles. The quantitative estimate of drug-likeness (QED) is 0.687. The van der Waals surface area contributed by atoms with Gasteiger partial charge in [-0.2, -0.15) is 0 Å². The van der Waals surface area contributed by atoms with Gasteiger partial charge >= 0.3 is 5.97 Å². The molecular formula is C13H16N2O6. The van der Waals surface area contributed by atoms with Crippen molar-refractivity contribution in [3.8, 4) is 5.75 Å². The van der Waals surface area contributed by atoms with Gasteiger partial charge in [0.25, 0.3) is 5.91 Å². The molecule has 1 aliphatic heterocycles. The van der Waals surface area contributed by atoms with E-state index < -0.39 is 30.6 Å². The molecule has 0 bridgehead atoms. The Morgan fingerprint density at radius 3 is 3.05 bits per heavy atom. The Balaban J connectivity index is 2.00. The number of aliphatic carboxylic acids is 1. The van der Waals surface area contributed by atoms with Crippen molar-refractivity contribution in [3.05, 3.63) is 24.0 Å². The van der Waals surface area contributed by atoms with Crippen LogP contribution in [0.2, 0.25) is 0 Å². The van der Waals surface area contributed by atoms with Gasteiger partial charge in [0.1, 0.15) is 12.4 Å². The van der Waals surface area contributed by atoms with E-state index in [1.165, 1.54) is 18.3 Å². The summed E-state index contributed by atoms with van der Waals surface area (Å²) in [5.74, 6) is -1.86. The third-order valence-electron chi connectivity index (χ3n) is 3.03. The number of aromatic hydroxyl groups is 1. The van der Waals surface area contributed by atoms with Crippen molar-refractivity contribution >= 4 is 11.9 Å². The van der Waals surface area contributed by atoms with Gasteiger partial charge in [0, 0.05) is 12.8 Å². The highest BCUT2D eigenvalue weighted by Gasteiger charge is 2.29. The summed E-state index contributed by atoms with van der Waals surface area (Å²) in [6, 6.07) is 2.37. The van der Waals surface area contributed by atoms with Crippen LogP contribution >= 0.6 is 0 Å². The molecule has 0 unspecified atom stereocenters. The second kappa shape index (κ2) is 7.00. The Bertz CT molecular complexity index is 521. The van der Waals surface area contributed by atoms with Gasteiger partial charge in [0.2, 0.25) is 0 Å². The fourth-order valence-corrected chi connectivity index (χ4v) is 2.04. The number of carbonyl (C=O) groups excluding carboxylic acids is 1. The summed E-state index contributed by atoms with van der Waals surface area (Å²) in [6.45, 7) is 0.209. The number of hydrogen-bond acceptors (Lipinski definition) is 6. The highest BCUT2D eigenvalue weighted by Crippen LogP contribution is 2.15. The van der Waals surface area contributed by atoms with Crippen LogP contribution in [0.3, 0.4) is 0 Å². The van der Waals surface area contributed by atoms with Crippen LogP contribution in [-0.2, 0) is 14.3 Å². The SMILES string of the molecule is O=C(O)CO[C@H]1CCOC[C@H]1NC(=O)c1ncccc1O. The monoisotopic (exact) mass is 296 g/mol. The first-order chi connectivity index (χ1) is 10.1. The molecule has 0 aliphatic carbocycles. The molecule has 8 nitrogen and oxygen atoms in total. The summed E-state index contributed by atoms with van der Waals surface area (Å²) in [7, 11) is 0. The Morgan fingerprint density at radius 2 is 2.33 bits per heavy atom. The number of carboxylic acids is 1. The van der Waals surface area contributed by atoms with Crippen molar-refractivity contribution in [3.63, 3.8) is 0 Å². The van der Waals surface area contributed by atoms with Gasteiger partial charge in [-0.25, -0.2) is 9.78 Å². The Labute approximate surface area is 120 Å². The molecule has 1 saturated heterocycles. The first-order valence-electron chi connectivity index (χ1n) is 6.44. The Hall–Kier alpha value is -2.19. The van der Waals surface area contributed by atoms with Crippen molar-refractivity contribution in [1.29, 1.82) is 0 Å². The zero-order chi connectivity index (χ0) is 15.2. The zero-order valence-corrected chi connectivity index (χ0v) is 11.2. The molecule has 2 heterocycles. The molecule has 0 saturated carbocycles. The van der Waals surface area contributed by atoms with Crippen molar-refractivity contribution in [1.82, 2.24) is 10.3 Å². The fourth-order valence-electron chi connectivity index (χ4n) is 2.04. The second-order valence-electron chi connectivity index (χ2n) is 4.56. The second-order valence-corrected chi connectivity index (χ2v) is 4.56. The van der Waals surface area contributed by atoms with Crippen molar-refractivity contribution in [2.45, 2.75) is 18.6 Å². The minimum Gasteiger partial charge on any atom is -0.505 e. The lowest BCUT2D eigenvalue weighted by molar-refractivity contribution is -0.147. The third kappa shape index (κ3) is 4.14. The number of hydrogen-bond donors (Lipinski definition) is 3. The molecule has 2 atom stereocenters. The number of nitrogens with one attached hydrogen (secondary N) is 1. The van der Waals surface area contributed by atoms with Crippen LogP contribution in [0.5, 0.6) is 5.75 Å². The molecule has 1 aliphatic rings. The molecule has 1 amide bonds. The summed E-state index contributed by atoms with van der Waals surface area (Å²) < 4.78 is 10.5. The molecule has 0 radical (unpaired) electrons. The minimum atomic E-state index is -1.08. The van der Waals surface area contributed by atoms with Gasteiger partial charge in [0.05, 0.1) is 18.8 Å². The van der Waals surface area contributed by atoms with Gasteiger partial charge < -0.3 is 25.0 Å². The number of rotatable bonds is 5. The summed E-state index contributed by atoms with van der Waals surface area (Å²) in [6.07, 6.45) is 1.42. The van der Waals surface area contributed by atoms with Crippen molar-refractivity contribution < 1.29 is 29.3 Å². The Kier molecular flexibility index (Phi) is 5.07. The molecule has 1 aromatic rings. The van der Waals surface area contributed by atoms with E-state index in [9.17, 15) is 14.7 Å². The van der Waals surface area contributed by atoms with E-state index in [1.54, 1.807) is 0 Å². The lowest BCUT2D eigenvalue weighted by Crippen LogP contribution is -2.51. The highest BCUT2D eigenvalue weighted by atomic mass is 16.5. The molecule has 0 spiro atoms. The van der Waals surface area contributed by atoms with Crippen LogP contribution in [0.4, 0.5) is 0 Å². The van der Waals surface area contributed by atoms with Gasteiger partial charge in [-0.05, 0) is 18.6 Å². The molecule has 114 valence electrons. The number of carboxylic acid groups (broad SMARTS) is 1. The number of carbonyl (C=O) groups is 2. The van der Waals surface area contributed by atoms with E-state index in [4.69, 9.17) is 14.6 Å². The Morgan fingerprint density at radius 1 is 1.52 bits per heavy atom. The molecule has 8 heteroatoms. The molecule has 3 N–H and O–H groups in total. The summed E-state index contributed by atoms with van der Waals surface area (Å²) in [4.78, 5) is 26.4. The summed E-state index contributed by atoms with van der Waals surface area (Å²) >= 11 is 0. The normalized spacial score (nSPS) is 21.7. The fraction of sp³-hybridized carbons (Fsp3) is 0.462. The maximum absolute atomic E-state index is 12.1. The van der Waals surface area contributed by atoms with Gasteiger partial charge in [-0.1, -0.05) is 0 Å². The predicted octanol–water partition coefficient (Wildman–Crippen LogP) is -0.224. The average molecular weight is 296 g/mol. The topological polar surface area (TPSA) is 118 Å². The maximum Gasteiger partial charge on any atom is 0.329 e. The van der Waals surface area contributed by atoms with Crippen LogP contribution in [0.15, 0.2) is 18.3 Å². The van der Waals surface area contributed by atoms with Crippen LogP contribution in [0.25, 0.3) is 0 Å². The first-order valence-corrected chi connectivity index (χ1v) is 6.44. The van der Waals surface area contributed by atoms with E-state index >= 15 is 0 Å². The van der Waals surface area contributed by atoms with Gasteiger partial charge in [0.15, 0.2) is 5.69 Å². The zero-order valence-electron chi connectivity index (χ0n) is 11.2. The largest absolute Gasteiger partial charge is 0.505 e. The summed E-state index contributed by atoms with van der Waals surface area (Å²) in [5, 5.41) is 20.9. The summed E-state index contributed by atoms with van der Waals surface area (Å²) in [5.41, 5.74) is -0.0972. The molecule has 21 heavy (non-hydrogen) atoms. The van der Waals surface area contributed by atoms with Gasteiger partial charge in [-0.3, -0.25) is 4.79 Å². The molecule has 2 rings (SSSR count). The number of ether oxygens (including phenoxy) is 2. The number of pyridine rings is 1. The highest BCUT2D eigenvalue weighted by molar-refractivity contribution is 5.94. The van der Waals surface area contributed by atoms with E-state index in [-0.39, 0.29) is 18.1 Å². The van der Waals surface area contributed by atoms with E-state index in [2.05, 4.69) is 10.3 Å². The maximum atomic E-state index is 12.1. The predicted molar refractivity (Wildman–Crippen MR) is 70.0 cm³/mol. The lowest BCUT2D eigenvalue weighted by Gasteiger charge is -2.31. The molecular weight excluding hydrogens is 280 g/mol. The number of nitrogens with zero attached hydrogens (tertiary/aromatic N) is 1. The van der Waals surface area contributed by atoms with Crippen molar-refractivity contribution in [2.75, 3.05) is 19.8 Å². The lowest BCUT2D eigenvalue weighted by atomic mass is 10.1. The van der Waals surface area contributed by atoms with E-state index in [1.807, 2.05) is 0 Å².